The molecule has 2 N–H and O–H groups in total. The molecule has 2 rings (SSSR count). The minimum atomic E-state index is -0.469. The Labute approximate surface area is 126 Å². The molecule has 1 aromatic rings. The summed E-state index contributed by atoms with van der Waals surface area (Å²) in [6.45, 7) is 10.0. The second-order valence-corrected chi connectivity index (χ2v) is 6.08. The summed E-state index contributed by atoms with van der Waals surface area (Å²) < 4.78 is 12.1. The average molecular weight is 287 g/mol. The van der Waals surface area contributed by atoms with Crippen molar-refractivity contribution in [2.24, 2.45) is 0 Å². The quantitative estimate of drug-likeness (QED) is 0.507. The second kappa shape index (κ2) is 5.62. The van der Waals surface area contributed by atoms with Crippen LogP contribution in [0.15, 0.2) is 24.4 Å². The van der Waals surface area contributed by atoms with Gasteiger partial charge >= 0.3 is 7.12 Å². The van der Waals surface area contributed by atoms with Crippen LogP contribution in [0.25, 0.3) is 5.57 Å². The number of hydrogen-bond donors (Lipinski definition) is 2. The van der Waals surface area contributed by atoms with Crippen molar-refractivity contribution >= 4 is 24.4 Å². The van der Waals surface area contributed by atoms with Crippen molar-refractivity contribution in [1.29, 1.82) is 5.41 Å². The van der Waals surface area contributed by atoms with E-state index < -0.39 is 18.3 Å². The summed E-state index contributed by atoms with van der Waals surface area (Å²) in [7, 11) is -0.469. The van der Waals surface area contributed by atoms with Crippen LogP contribution in [0.5, 0.6) is 0 Å². The number of aromatic nitrogens is 2. The predicted octanol–water partition coefficient (Wildman–Crippen LogP) is 2.32. The molecule has 1 saturated heterocycles. The van der Waals surface area contributed by atoms with E-state index in [2.05, 4.69) is 10.2 Å². The van der Waals surface area contributed by atoms with Gasteiger partial charge < -0.3 is 14.7 Å². The number of allylic oxidation sites excluding steroid dienone is 4. The predicted molar refractivity (Wildman–Crippen MR) is 85.9 cm³/mol. The molecule has 1 aliphatic heterocycles. The minimum absolute atomic E-state index is 0.391. The summed E-state index contributed by atoms with van der Waals surface area (Å²) in [4.78, 5) is 0. The van der Waals surface area contributed by atoms with Crippen LogP contribution in [-0.2, 0) is 9.31 Å². The number of aromatic amines is 1. The first-order chi connectivity index (χ1) is 9.82. The van der Waals surface area contributed by atoms with E-state index in [-0.39, 0.29) is 0 Å². The van der Waals surface area contributed by atoms with Crippen molar-refractivity contribution in [3.05, 3.63) is 30.1 Å². The molecule has 6 heteroatoms. The van der Waals surface area contributed by atoms with Crippen LogP contribution in [0.1, 0.15) is 40.3 Å². The second-order valence-electron chi connectivity index (χ2n) is 6.08. The largest absolute Gasteiger partial charge is 0.498 e. The number of H-pyrrole nitrogens is 1. The van der Waals surface area contributed by atoms with Crippen molar-refractivity contribution in [3.63, 3.8) is 0 Å². The lowest BCUT2D eigenvalue weighted by atomic mass is 9.78. The molecular formula is C15H22BN3O2. The topological polar surface area (TPSA) is 71.0 Å². The van der Waals surface area contributed by atoms with E-state index in [0.717, 1.165) is 16.7 Å². The maximum Gasteiger partial charge on any atom is 0.498 e. The first-order valence-corrected chi connectivity index (χ1v) is 7.05. The summed E-state index contributed by atoms with van der Waals surface area (Å²) >= 11 is 0. The highest BCUT2D eigenvalue weighted by Crippen LogP contribution is 2.36. The molecule has 2 heterocycles. The molecule has 0 aromatic carbocycles. The summed E-state index contributed by atoms with van der Waals surface area (Å²) in [6, 6.07) is 0. The standard InChI is InChI=1S/C15H22BN3O2/c1-6-7-11(8-9-17)13-12(10-18-19-13)16-20-14(2,3)15(4,5)21-16/h6-10,17H,1-5H3,(H,18,19)/b7-6-,11-8+,17-9?. The molecular weight excluding hydrogens is 265 g/mol. The third-order valence-electron chi connectivity index (χ3n) is 4.07. The van der Waals surface area contributed by atoms with Gasteiger partial charge in [-0.1, -0.05) is 12.2 Å². The van der Waals surface area contributed by atoms with Crippen molar-refractivity contribution in [3.8, 4) is 0 Å². The lowest BCUT2D eigenvalue weighted by molar-refractivity contribution is 0.00578. The van der Waals surface area contributed by atoms with E-state index >= 15 is 0 Å². The van der Waals surface area contributed by atoms with Gasteiger partial charge in [-0.2, -0.15) is 5.10 Å². The Kier molecular flexibility index (Phi) is 4.21. The highest BCUT2D eigenvalue weighted by molar-refractivity contribution is 6.63. The van der Waals surface area contributed by atoms with Crippen LogP contribution < -0.4 is 5.46 Å². The van der Waals surface area contributed by atoms with E-state index in [0.29, 0.717) is 0 Å². The van der Waals surface area contributed by atoms with Gasteiger partial charge in [-0.05, 0) is 40.7 Å². The van der Waals surface area contributed by atoms with Crippen molar-refractivity contribution in [2.75, 3.05) is 0 Å². The molecule has 0 bridgehead atoms. The van der Waals surface area contributed by atoms with Crippen LogP contribution in [0.2, 0.25) is 0 Å². The monoisotopic (exact) mass is 287 g/mol. The molecule has 5 nitrogen and oxygen atoms in total. The summed E-state index contributed by atoms with van der Waals surface area (Å²) in [5, 5.41) is 14.4. The molecule has 0 radical (unpaired) electrons. The lowest BCUT2D eigenvalue weighted by Crippen LogP contribution is -2.41. The Morgan fingerprint density at radius 1 is 1.29 bits per heavy atom. The molecule has 0 saturated carbocycles. The molecule has 1 fully saturated rings. The normalized spacial score (nSPS) is 21.2. The van der Waals surface area contributed by atoms with Gasteiger partial charge in [0.25, 0.3) is 0 Å². The van der Waals surface area contributed by atoms with Crippen LogP contribution >= 0.6 is 0 Å². The van der Waals surface area contributed by atoms with E-state index in [4.69, 9.17) is 14.7 Å². The number of rotatable bonds is 4. The molecule has 112 valence electrons. The zero-order valence-electron chi connectivity index (χ0n) is 13.2. The zero-order chi connectivity index (χ0) is 15.7. The fourth-order valence-electron chi connectivity index (χ4n) is 2.17. The van der Waals surface area contributed by atoms with Gasteiger partial charge in [-0.3, -0.25) is 5.10 Å². The third kappa shape index (κ3) is 2.87. The number of hydrogen-bond acceptors (Lipinski definition) is 4. The lowest BCUT2D eigenvalue weighted by Gasteiger charge is -2.32. The maximum atomic E-state index is 7.29. The Bertz CT molecular complexity index is 571. The van der Waals surface area contributed by atoms with Gasteiger partial charge in [-0.15, -0.1) is 0 Å². The number of nitrogens with zero attached hydrogens (tertiary/aromatic N) is 1. The molecule has 0 amide bonds. The molecule has 0 unspecified atom stereocenters. The van der Waals surface area contributed by atoms with E-state index in [1.165, 1.54) is 6.21 Å². The van der Waals surface area contributed by atoms with Crippen molar-refractivity contribution in [2.45, 2.75) is 45.8 Å². The first-order valence-electron chi connectivity index (χ1n) is 7.05. The maximum absolute atomic E-state index is 7.29. The van der Waals surface area contributed by atoms with Crippen molar-refractivity contribution in [1.82, 2.24) is 10.2 Å². The van der Waals surface area contributed by atoms with E-state index in [9.17, 15) is 0 Å². The Balaban J connectivity index is 2.38. The van der Waals surface area contributed by atoms with E-state index in [1.54, 1.807) is 12.3 Å². The molecule has 21 heavy (non-hydrogen) atoms. The van der Waals surface area contributed by atoms with Crippen LogP contribution in [0.4, 0.5) is 0 Å². The highest BCUT2D eigenvalue weighted by atomic mass is 16.7. The van der Waals surface area contributed by atoms with Gasteiger partial charge in [-0.25, -0.2) is 0 Å². The molecule has 0 spiro atoms. The minimum Gasteiger partial charge on any atom is -0.399 e. The molecule has 0 aliphatic carbocycles. The molecule has 1 aliphatic rings. The molecule has 0 atom stereocenters. The van der Waals surface area contributed by atoms with Gasteiger partial charge in [0, 0.05) is 23.4 Å². The molecule has 1 aromatic heterocycles. The third-order valence-corrected chi connectivity index (χ3v) is 4.07. The van der Waals surface area contributed by atoms with Crippen molar-refractivity contribution < 1.29 is 9.31 Å². The smallest absolute Gasteiger partial charge is 0.399 e. The summed E-state index contributed by atoms with van der Waals surface area (Å²) in [5.41, 5.74) is 1.75. The first kappa shape index (κ1) is 15.7. The van der Waals surface area contributed by atoms with Crippen LogP contribution in [0.3, 0.4) is 0 Å². The Morgan fingerprint density at radius 3 is 2.43 bits per heavy atom. The Morgan fingerprint density at radius 2 is 1.90 bits per heavy atom. The Hall–Kier alpha value is -1.66. The SMILES string of the molecule is C/C=C\C(=C/C=N)c1[nH]ncc1B1OC(C)(C)C(C)(C)O1. The van der Waals surface area contributed by atoms with Gasteiger partial charge in [0.05, 0.1) is 16.9 Å². The van der Waals surface area contributed by atoms with E-state index in [1.807, 2.05) is 46.8 Å². The zero-order valence-corrected chi connectivity index (χ0v) is 13.2. The fraction of sp³-hybridized carbons (Fsp3) is 0.467. The summed E-state index contributed by atoms with van der Waals surface area (Å²) in [5.74, 6) is 0. The fourth-order valence-corrected chi connectivity index (χ4v) is 2.17. The van der Waals surface area contributed by atoms with Crippen LogP contribution in [0, 0.1) is 5.41 Å². The van der Waals surface area contributed by atoms with Gasteiger partial charge in [0.1, 0.15) is 0 Å². The van der Waals surface area contributed by atoms with Gasteiger partial charge in [0.2, 0.25) is 0 Å². The highest BCUT2D eigenvalue weighted by Gasteiger charge is 2.52. The van der Waals surface area contributed by atoms with Crippen LogP contribution in [-0.4, -0.2) is 34.7 Å². The summed E-state index contributed by atoms with van der Waals surface area (Å²) in [6.07, 6.45) is 8.53. The van der Waals surface area contributed by atoms with Gasteiger partial charge in [0.15, 0.2) is 0 Å². The number of nitrogens with one attached hydrogen (secondary N) is 2. The average Bonchev–Trinajstić information content (AvgIpc) is 2.92.